The number of methoxy groups -OCH3 is 1. The smallest absolute Gasteiger partial charge is 0.337 e. The Morgan fingerprint density at radius 2 is 1.74 bits per heavy atom. The van der Waals surface area contributed by atoms with E-state index < -0.39 is 18.1 Å². The van der Waals surface area contributed by atoms with Crippen molar-refractivity contribution in [2.24, 2.45) is 0 Å². The molecule has 0 spiro atoms. The highest BCUT2D eigenvalue weighted by Gasteiger charge is 2.38. The molecule has 1 fully saturated rings. The largest absolute Gasteiger partial charge is 0.485 e. The average Bonchev–Trinajstić information content (AvgIpc) is 2.98. The molecule has 1 N–H and O–H groups in total. The first-order valence-corrected chi connectivity index (χ1v) is 13.8. The summed E-state index contributed by atoms with van der Waals surface area (Å²) in [4.78, 5) is 41.5. The number of rotatable bonds is 11. The van der Waals surface area contributed by atoms with E-state index in [1.807, 2.05) is 19.1 Å². The molecule has 0 radical (unpaired) electrons. The van der Waals surface area contributed by atoms with Crippen LogP contribution >= 0.6 is 0 Å². The van der Waals surface area contributed by atoms with Crippen molar-refractivity contribution in [1.29, 1.82) is 0 Å². The van der Waals surface area contributed by atoms with E-state index in [0.29, 0.717) is 42.3 Å². The van der Waals surface area contributed by atoms with Gasteiger partial charge in [0.05, 0.1) is 12.7 Å². The summed E-state index contributed by atoms with van der Waals surface area (Å²) in [7, 11) is 1.32. The molecule has 0 saturated heterocycles. The van der Waals surface area contributed by atoms with Crippen molar-refractivity contribution in [3.05, 3.63) is 59.7 Å². The molecule has 1 saturated carbocycles. The number of fused-ring (bicyclic) bond motifs is 1. The molecule has 1 aliphatic heterocycles. The molecular weight excluding hydrogens is 500 g/mol. The summed E-state index contributed by atoms with van der Waals surface area (Å²) in [6.45, 7) is 3.24. The SMILES string of the molecule is CCOCCCN(C(=O)C1COc2ccccc2O1)C(C(=O)NC1CCCCC1)c1ccc(C(=O)OC)cc1. The van der Waals surface area contributed by atoms with Crippen LogP contribution in [0.5, 0.6) is 11.5 Å². The third-order valence-corrected chi connectivity index (χ3v) is 7.12. The molecule has 1 aliphatic carbocycles. The number of para-hydroxylation sites is 2. The molecule has 1 heterocycles. The molecule has 39 heavy (non-hydrogen) atoms. The number of benzene rings is 2. The second kappa shape index (κ2) is 14.0. The topological polar surface area (TPSA) is 103 Å². The Bertz CT molecular complexity index is 1110. The van der Waals surface area contributed by atoms with E-state index in [-0.39, 0.29) is 31.0 Å². The van der Waals surface area contributed by atoms with Gasteiger partial charge in [-0.1, -0.05) is 43.5 Å². The quantitative estimate of drug-likeness (QED) is 0.340. The fourth-order valence-corrected chi connectivity index (χ4v) is 5.09. The molecule has 0 aromatic heterocycles. The molecule has 2 aromatic carbocycles. The van der Waals surface area contributed by atoms with Crippen LogP contribution in [-0.2, 0) is 19.1 Å². The lowest BCUT2D eigenvalue weighted by Gasteiger charge is -2.36. The van der Waals surface area contributed by atoms with Crippen molar-refractivity contribution in [2.45, 2.75) is 63.6 Å². The van der Waals surface area contributed by atoms with E-state index in [1.165, 1.54) is 7.11 Å². The van der Waals surface area contributed by atoms with Crippen LogP contribution < -0.4 is 14.8 Å². The molecule has 2 aliphatic rings. The molecule has 9 heteroatoms. The highest BCUT2D eigenvalue weighted by molar-refractivity contribution is 5.92. The van der Waals surface area contributed by atoms with Gasteiger partial charge < -0.3 is 29.2 Å². The summed E-state index contributed by atoms with van der Waals surface area (Å²) in [5.41, 5.74) is 0.959. The van der Waals surface area contributed by atoms with Crippen LogP contribution in [0.15, 0.2) is 48.5 Å². The van der Waals surface area contributed by atoms with Crippen LogP contribution in [0.3, 0.4) is 0 Å². The van der Waals surface area contributed by atoms with Crippen molar-refractivity contribution in [3.8, 4) is 11.5 Å². The van der Waals surface area contributed by atoms with Gasteiger partial charge in [-0.25, -0.2) is 4.79 Å². The maximum Gasteiger partial charge on any atom is 0.337 e. The van der Waals surface area contributed by atoms with Crippen molar-refractivity contribution in [3.63, 3.8) is 0 Å². The minimum absolute atomic E-state index is 0.0377. The number of hydrogen-bond donors (Lipinski definition) is 1. The van der Waals surface area contributed by atoms with Gasteiger partial charge in [0.25, 0.3) is 5.91 Å². The van der Waals surface area contributed by atoms with Gasteiger partial charge in [-0.3, -0.25) is 9.59 Å². The maximum atomic E-state index is 14.0. The monoisotopic (exact) mass is 538 g/mol. The van der Waals surface area contributed by atoms with E-state index in [1.54, 1.807) is 41.3 Å². The summed E-state index contributed by atoms with van der Waals surface area (Å²) >= 11 is 0. The third kappa shape index (κ3) is 7.29. The Hall–Kier alpha value is -3.59. The predicted octanol–water partition coefficient (Wildman–Crippen LogP) is 4.06. The molecule has 2 unspecified atom stereocenters. The molecule has 0 bridgehead atoms. The Morgan fingerprint density at radius 3 is 2.44 bits per heavy atom. The van der Waals surface area contributed by atoms with Crippen LogP contribution in [0.4, 0.5) is 0 Å². The van der Waals surface area contributed by atoms with Crippen LogP contribution in [0.25, 0.3) is 0 Å². The second-order valence-electron chi connectivity index (χ2n) is 9.81. The van der Waals surface area contributed by atoms with Gasteiger partial charge in [-0.05, 0) is 56.0 Å². The fraction of sp³-hybridized carbons (Fsp3) is 0.500. The van der Waals surface area contributed by atoms with E-state index in [0.717, 1.165) is 32.1 Å². The summed E-state index contributed by atoms with van der Waals surface area (Å²) in [5.74, 6) is -0.00582. The third-order valence-electron chi connectivity index (χ3n) is 7.12. The number of carbonyl (C=O) groups is 3. The Balaban J connectivity index is 1.64. The Labute approximate surface area is 229 Å². The average molecular weight is 539 g/mol. The molecule has 2 aromatic rings. The number of nitrogens with zero attached hydrogens (tertiary/aromatic N) is 1. The highest BCUT2D eigenvalue weighted by atomic mass is 16.6. The Morgan fingerprint density at radius 1 is 1.03 bits per heavy atom. The predicted molar refractivity (Wildman–Crippen MR) is 145 cm³/mol. The van der Waals surface area contributed by atoms with E-state index in [4.69, 9.17) is 18.9 Å². The molecule has 9 nitrogen and oxygen atoms in total. The van der Waals surface area contributed by atoms with Crippen LogP contribution in [0, 0.1) is 0 Å². The van der Waals surface area contributed by atoms with Gasteiger partial charge in [0, 0.05) is 25.8 Å². The molecule has 210 valence electrons. The van der Waals surface area contributed by atoms with Crippen LogP contribution in [0.1, 0.15) is 67.4 Å². The van der Waals surface area contributed by atoms with Gasteiger partial charge in [0.2, 0.25) is 12.0 Å². The first-order valence-electron chi connectivity index (χ1n) is 13.8. The van der Waals surface area contributed by atoms with Gasteiger partial charge in [0.15, 0.2) is 11.5 Å². The zero-order chi connectivity index (χ0) is 27.6. The van der Waals surface area contributed by atoms with Gasteiger partial charge in [-0.15, -0.1) is 0 Å². The number of ether oxygens (including phenoxy) is 4. The minimum Gasteiger partial charge on any atom is -0.485 e. The first-order chi connectivity index (χ1) is 19.0. The van der Waals surface area contributed by atoms with Crippen LogP contribution in [0.2, 0.25) is 0 Å². The molecule has 2 atom stereocenters. The summed E-state index contributed by atoms with van der Waals surface area (Å²) in [5, 5.41) is 3.19. The zero-order valence-corrected chi connectivity index (χ0v) is 22.7. The fourth-order valence-electron chi connectivity index (χ4n) is 5.09. The van der Waals surface area contributed by atoms with Crippen molar-refractivity contribution in [2.75, 3.05) is 33.5 Å². The van der Waals surface area contributed by atoms with E-state index in [2.05, 4.69) is 5.32 Å². The summed E-state index contributed by atoms with van der Waals surface area (Å²) in [6.07, 6.45) is 4.74. The number of esters is 1. The standard InChI is InChI=1S/C30H38N2O7/c1-3-37-19-9-18-32(29(34)26-20-38-24-12-7-8-13-25(24)39-26)27(28(33)31-23-10-5-4-6-11-23)21-14-16-22(17-15-21)30(35)36-2/h7-8,12-17,23,26-27H,3-6,9-11,18-20H2,1-2H3,(H,31,33). The lowest BCUT2D eigenvalue weighted by Crippen LogP contribution is -2.52. The zero-order valence-electron chi connectivity index (χ0n) is 22.7. The Kier molecular flexibility index (Phi) is 10.2. The van der Waals surface area contributed by atoms with Crippen LogP contribution in [-0.4, -0.2) is 68.3 Å². The first kappa shape index (κ1) is 28.4. The lowest BCUT2D eigenvalue weighted by atomic mass is 9.94. The number of amides is 2. The maximum absolute atomic E-state index is 14.0. The molecule has 4 rings (SSSR count). The van der Waals surface area contributed by atoms with Crippen molar-refractivity contribution < 1.29 is 33.3 Å². The molecular formula is C30H38N2O7. The van der Waals surface area contributed by atoms with Crippen molar-refractivity contribution in [1.82, 2.24) is 10.2 Å². The minimum atomic E-state index is -0.923. The van der Waals surface area contributed by atoms with Gasteiger partial charge in [0.1, 0.15) is 12.6 Å². The van der Waals surface area contributed by atoms with E-state index >= 15 is 0 Å². The van der Waals surface area contributed by atoms with Crippen molar-refractivity contribution >= 4 is 17.8 Å². The number of nitrogens with one attached hydrogen (secondary N) is 1. The summed E-state index contributed by atoms with van der Waals surface area (Å²) < 4.78 is 22.2. The molecule has 2 amide bonds. The number of hydrogen-bond acceptors (Lipinski definition) is 7. The van der Waals surface area contributed by atoms with Gasteiger partial charge >= 0.3 is 5.97 Å². The van der Waals surface area contributed by atoms with Gasteiger partial charge in [-0.2, -0.15) is 0 Å². The lowest BCUT2D eigenvalue weighted by molar-refractivity contribution is -0.149. The second-order valence-corrected chi connectivity index (χ2v) is 9.81. The van der Waals surface area contributed by atoms with E-state index in [9.17, 15) is 14.4 Å². The highest BCUT2D eigenvalue weighted by Crippen LogP contribution is 2.33. The normalized spacial score (nSPS) is 17.6. The summed E-state index contributed by atoms with van der Waals surface area (Å²) in [6, 6.07) is 13.0. The number of carbonyl (C=O) groups excluding carboxylic acids is 3.